The van der Waals surface area contributed by atoms with E-state index in [1.165, 1.54) is 18.5 Å². The minimum Gasteiger partial charge on any atom is -0.344 e. The number of hydrogen-bond acceptors (Lipinski definition) is 7. The first-order chi connectivity index (χ1) is 16.2. The van der Waals surface area contributed by atoms with Crippen LogP contribution in [0.15, 0.2) is 53.8 Å². The molecule has 0 bridgehead atoms. The van der Waals surface area contributed by atoms with Gasteiger partial charge in [0.05, 0.1) is 34.1 Å². The maximum absolute atomic E-state index is 12.7. The number of carbonyl (C=O) groups excluding carboxylic acids is 1. The van der Waals surface area contributed by atoms with Crippen molar-refractivity contribution >= 4 is 27.4 Å². The van der Waals surface area contributed by atoms with Crippen molar-refractivity contribution in [3.05, 3.63) is 71.4 Å². The van der Waals surface area contributed by atoms with E-state index in [-0.39, 0.29) is 17.3 Å². The van der Waals surface area contributed by atoms with Gasteiger partial charge in [0.25, 0.3) is 10.0 Å². The Labute approximate surface area is 198 Å². The number of nitrogens with one attached hydrogen (secondary N) is 1. The zero-order chi connectivity index (χ0) is 24.3. The SMILES string of the molecule is Cc1ncc(C#Cc2c(C)ncnc2N2CCN(C)C(=O)C2)cc1NS(=O)(=O)c1ccccc1. The third-order valence-corrected chi connectivity index (χ3v) is 6.87. The largest absolute Gasteiger partial charge is 0.344 e. The van der Waals surface area contributed by atoms with Crippen LogP contribution in [0.3, 0.4) is 0 Å². The molecule has 1 aliphatic heterocycles. The number of aromatic nitrogens is 3. The molecule has 174 valence electrons. The number of hydrogen-bond donors (Lipinski definition) is 1. The van der Waals surface area contributed by atoms with Crippen LogP contribution in [0.5, 0.6) is 0 Å². The quantitative estimate of drug-likeness (QED) is 0.574. The van der Waals surface area contributed by atoms with Gasteiger partial charge in [0.1, 0.15) is 12.1 Å². The number of rotatable bonds is 4. The van der Waals surface area contributed by atoms with Crippen molar-refractivity contribution in [1.29, 1.82) is 0 Å². The molecule has 0 aliphatic carbocycles. The molecule has 1 fully saturated rings. The van der Waals surface area contributed by atoms with E-state index >= 15 is 0 Å². The van der Waals surface area contributed by atoms with Crippen molar-refractivity contribution in [2.45, 2.75) is 18.7 Å². The Kier molecular flexibility index (Phi) is 6.47. The number of nitrogens with zero attached hydrogens (tertiary/aromatic N) is 5. The molecule has 4 rings (SSSR count). The smallest absolute Gasteiger partial charge is 0.261 e. The predicted octanol–water partition coefficient (Wildman–Crippen LogP) is 1.97. The number of benzene rings is 1. The standard InChI is InChI=1S/C24H24N6O3S/c1-17-21(24(27-16-26-17)30-12-11-29(3)23(31)15-30)10-9-19-13-22(18(2)25-14-19)28-34(32,33)20-7-5-4-6-8-20/h4-8,13-14,16,28H,11-12,15H2,1-3H3. The van der Waals surface area contributed by atoms with E-state index in [0.717, 1.165) is 0 Å². The Morgan fingerprint density at radius 3 is 2.50 bits per heavy atom. The zero-order valence-electron chi connectivity index (χ0n) is 19.1. The van der Waals surface area contributed by atoms with E-state index in [0.29, 0.717) is 47.1 Å². The Morgan fingerprint density at radius 2 is 1.76 bits per heavy atom. The summed E-state index contributed by atoms with van der Waals surface area (Å²) in [6.45, 7) is 5.02. The van der Waals surface area contributed by atoms with Crippen LogP contribution in [0, 0.1) is 25.7 Å². The fourth-order valence-electron chi connectivity index (χ4n) is 3.43. The van der Waals surface area contributed by atoms with Crippen molar-refractivity contribution in [3.8, 4) is 11.8 Å². The molecule has 3 heterocycles. The van der Waals surface area contributed by atoms with E-state index in [1.54, 1.807) is 49.3 Å². The van der Waals surface area contributed by atoms with Gasteiger partial charge in [-0.05, 0) is 32.0 Å². The van der Waals surface area contributed by atoms with Crippen LogP contribution in [-0.4, -0.2) is 60.9 Å². The number of amides is 1. The second-order valence-corrected chi connectivity index (χ2v) is 9.60. The normalized spacial score (nSPS) is 13.9. The molecule has 0 unspecified atom stereocenters. The minimum absolute atomic E-state index is 0.0134. The van der Waals surface area contributed by atoms with Gasteiger partial charge in [-0.25, -0.2) is 18.4 Å². The first kappa shape index (κ1) is 23.2. The third kappa shape index (κ3) is 5.00. The maximum Gasteiger partial charge on any atom is 0.261 e. The molecule has 34 heavy (non-hydrogen) atoms. The summed E-state index contributed by atoms with van der Waals surface area (Å²) >= 11 is 0. The summed E-state index contributed by atoms with van der Waals surface area (Å²) in [5, 5.41) is 0. The minimum atomic E-state index is -3.76. The van der Waals surface area contributed by atoms with E-state index in [2.05, 4.69) is 31.5 Å². The molecule has 2 aromatic heterocycles. The molecule has 1 aliphatic rings. The molecule has 1 N–H and O–H groups in total. The molecule has 0 spiro atoms. The third-order valence-electron chi connectivity index (χ3n) is 5.49. The molecular weight excluding hydrogens is 452 g/mol. The Morgan fingerprint density at radius 1 is 1.00 bits per heavy atom. The van der Waals surface area contributed by atoms with Gasteiger partial charge in [0.15, 0.2) is 0 Å². The highest BCUT2D eigenvalue weighted by molar-refractivity contribution is 7.92. The van der Waals surface area contributed by atoms with Crippen LogP contribution in [0.2, 0.25) is 0 Å². The lowest BCUT2D eigenvalue weighted by molar-refractivity contribution is -0.129. The summed E-state index contributed by atoms with van der Waals surface area (Å²) < 4.78 is 28.1. The number of piperazine rings is 1. The monoisotopic (exact) mass is 476 g/mol. The lowest BCUT2D eigenvalue weighted by Gasteiger charge is -2.33. The Balaban J connectivity index is 1.64. The second-order valence-electron chi connectivity index (χ2n) is 7.92. The zero-order valence-corrected chi connectivity index (χ0v) is 19.9. The molecule has 0 radical (unpaired) electrons. The number of aryl methyl sites for hydroxylation is 2. The van der Waals surface area contributed by atoms with Crippen LogP contribution >= 0.6 is 0 Å². The fraction of sp³-hybridized carbons (Fsp3) is 0.250. The first-order valence-electron chi connectivity index (χ1n) is 10.6. The molecule has 1 aromatic carbocycles. The maximum atomic E-state index is 12.7. The van der Waals surface area contributed by atoms with Crippen molar-refractivity contribution < 1.29 is 13.2 Å². The number of likely N-dealkylation sites (N-methyl/N-ethyl adjacent to an activating group) is 1. The molecule has 3 aromatic rings. The van der Waals surface area contributed by atoms with E-state index in [4.69, 9.17) is 0 Å². The number of carbonyl (C=O) groups is 1. The molecule has 10 heteroatoms. The van der Waals surface area contributed by atoms with Crippen LogP contribution in [0.1, 0.15) is 22.5 Å². The molecule has 1 saturated heterocycles. The highest BCUT2D eigenvalue weighted by Crippen LogP contribution is 2.22. The predicted molar refractivity (Wildman–Crippen MR) is 129 cm³/mol. The van der Waals surface area contributed by atoms with Crippen molar-refractivity contribution in [1.82, 2.24) is 19.9 Å². The van der Waals surface area contributed by atoms with E-state index in [1.807, 2.05) is 11.8 Å². The van der Waals surface area contributed by atoms with Gasteiger partial charge in [-0.2, -0.15) is 0 Å². The van der Waals surface area contributed by atoms with Crippen LogP contribution in [0.25, 0.3) is 0 Å². The highest BCUT2D eigenvalue weighted by Gasteiger charge is 2.24. The molecule has 0 saturated carbocycles. The highest BCUT2D eigenvalue weighted by atomic mass is 32.2. The van der Waals surface area contributed by atoms with Gasteiger partial charge in [0.2, 0.25) is 5.91 Å². The van der Waals surface area contributed by atoms with Gasteiger partial charge in [-0.1, -0.05) is 30.0 Å². The number of anilines is 2. The molecular formula is C24H24N6O3S. The summed E-state index contributed by atoms with van der Waals surface area (Å²) in [7, 11) is -1.98. The topological polar surface area (TPSA) is 108 Å². The van der Waals surface area contributed by atoms with Gasteiger partial charge in [-0.15, -0.1) is 0 Å². The van der Waals surface area contributed by atoms with Gasteiger partial charge in [0, 0.05) is 31.9 Å². The summed E-state index contributed by atoms with van der Waals surface area (Å²) in [6.07, 6.45) is 3.05. The number of sulfonamides is 1. The van der Waals surface area contributed by atoms with Gasteiger partial charge >= 0.3 is 0 Å². The Hall–Kier alpha value is -3.97. The Bertz CT molecular complexity index is 1400. The average molecular weight is 477 g/mol. The number of pyridine rings is 1. The summed E-state index contributed by atoms with van der Waals surface area (Å²) in [6, 6.07) is 9.78. The van der Waals surface area contributed by atoms with Crippen LogP contribution < -0.4 is 9.62 Å². The van der Waals surface area contributed by atoms with Crippen LogP contribution in [-0.2, 0) is 14.8 Å². The first-order valence-corrected chi connectivity index (χ1v) is 12.1. The summed E-state index contributed by atoms with van der Waals surface area (Å²) in [4.78, 5) is 28.9. The fourth-order valence-corrected chi connectivity index (χ4v) is 4.56. The van der Waals surface area contributed by atoms with E-state index in [9.17, 15) is 13.2 Å². The molecule has 0 atom stereocenters. The van der Waals surface area contributed by atoms with Crippen molar-refractivity contribution in [2.75, 3.05) is 36.3 Å². The van der Waals surface area contributed by atoms with Gasteiger partial charge < -0.3 is 9.80 Å². The molecule has 9 nitrogen and oxygen atoms in total. The van der Waals surface area contributed by atoms with Crippen LogP contribution in [0.4, 0.5) is 11.5 Å². The summed E-state index contributed by atoms with van der Waals surface area (Å²) in [5.41, 5.74) is 2.71. The van der Waals surface area contributed by atoms with Crippen molar-refractivity contribution in [2.24, 2.45) is 0 Å². The van der Waals surface area contributed by atoms with E-state index < -0.39 is 10.0 Å². The lowest BCUT2D eigenvalue weighted by Crippen LogP contribution is -2.49. The lowest BCUT2D eigenvalue weighted by atomic mass is 10.1. The van der Waals surface area contributed by atoms with Crippen molar-refractivity contribution in [3.63, 3.8) is 0 Å². The second kappa shape index (κ2) is 9.49. The van der Waals surface area contributed by atoms with Gasteiger partial charge in [-0.3, -0.25) is 14.5 Å². The summed E-state index contributed by atoms with van der Waals surface area (Å²) in [5.74, 6) is 6.77. The average Bonchev–Trinajstić information content (AvgIpc) is 2.82. The molecule has 1 amide bonds.